The van der Waals surface area contributed by atoms with Crippen LogP contribution in [0.15, 0.2) is 66.7 Å². The van der Waals surface area contributed by atoms with Crippen molar-refractivity contribution in [2.75, 3.05) is 26.1 Å². The normalized spacial score (nSPS) is 10.7. The maximum absolute atomic E-state index is 12.3. The van der Waals surface area contributed by atoms with Crippen LogP contribution in [0.1, 0.15) is 11.1 Å². The van der Waals surface area contributed by atoms with Crippen LogP contribution < -0.4 is 19.5 Å². The van der Waals surface area contributed by atoms with Gasteiger partial charge < -0.3 is 19.5 Å². The number of ether oxygens (including phenoxy) is 3. The number of nitrogens with one attached hydrogen (secondary N) is 1. The van der Waals surface area contributed by atoms with Crippen molar-refractivity contribution in [1.29, 1.82) is 5.26 Å². The number of para-hydroxylation sites is 2. The summed E-state index contributed by atoms with van der Waals surface area (Å²) in [5.41, 5.74) is 1.99. The lowest BCUT2D eigenvalue weighted by Gasteiger charge is -2.13. The molecule has 34 heavy (non-hydrogen) atoms. The molecule has 0 atom stereocenters. The van der Waals surface area contributed by atoms with Gasteiger partial charge in [0.2, 0.25) is 0 Å². The third-order valence-corrected chi connectivity index (χ3v) is 4.75. The molecule has 0 aliphatic rings. The maximum Gasteiger partial charge on any atom is 0.269 e. The Labute approximate surface area is 196 Å². The zero-order valence-electron chi connectivity index (χ0n) is 18.5. The molecule has 1 N–H and O–H groups in total. The van der Waals surface area contributed by atoms with Crippen LogP contribution in [0.4, 0.5) is 11.4 Å². The lowest BCUT2D eigenvalue weighted by Crippen LogP contribution is -2.20. The van der Waals surface area contributed by atoms with Gasteiger partial charge in [0.05, 0.1) is 36.5 Å². The van der Waals surface area contributed by atoms with Crippen molar-refractivity contribution in [3.05, 3.63) is 88.0 Å². The minimum Gasteiger partial charge on any atom is -0.495 e. The molecule has 3 aromatic carbocycles. The number of carbonyl (C=O) groups is 1. The van der Waals surface area contributed by atoms with Crippen LogP contribution in [0.25, 0.3) is 11.6 Å². The lowest BCUT2D eigenvalue weighted by molar-refractivity contribution is -0.384. The van der Waals surface area contributed by atoms with Gasteiger partial charge in [0, 0.05) is 12.1 Å². The number of anilines is 1. The lowest BCUT2D eigenvalue weighted by atomic mass is 10.0. The second kappa shape index (κ2) is 11.2. The molecule has 9 nitrogen and oxygen atoms in total. The number of nitro groups is 1. The van der Waals surface area contributed by atoms with Gasteiger partial charge >= 0.3 is 0 Å². The summed E-state index contributed by atoms with van der Waals surface area (Å²) in [7, 11) is 2.98. The molecular formula is C25H21N3O6. The minimum absolute atomic E-state index is 0.0565. The zero-order valence-corrected chi connectivity index (χ0v) is 18.5. The van der Waals surface area contributed by atoms with E-state index in [1.54, 1.807) is 48.5 Å². The fourth-order valence-corrected chi connectivity index (χ4v) is 3.08. The molecule has 0 spiro atoms. The van der Waals surface area contributed by atoms with E-state index in [0.29, 0.717) is 39.6 Å². The maximum atomic E-state index is 12.3. The second-order valence-electron chi connectivity index (χ2n) is 6.92. The Balaban J connectivity index is 1.72. The molecule has 1 amide bonds. The molecule has 0 aliphatic carbocycles. The first-order valence-corrected chi connectivity index (χ1v) is 10.1. The van der Waals surface area contributed by atoms with E-state index in [4.69, 9.17) is 14.2 Å². The standard InChI is InChI=1S/C25H21N3O6/c1-32-22-6-4-3-5-21(22)27-25(29)16-34-23-12-7-17(14-24(23)33-2)13-19(15-26)18-8-10-20(11-9-18)28(30)31/h3-14H,16H2,1-2H3,(H,27,29). The number of nitro benzene ring substituents is 1. The highest BCUT2D eigenvalue weighted by molar-refractivity contribution is 5.93. The monoisotopic (exact) mass is 459 g/mol. The van der Waals surface area contributed by atoms with Crippen LogP contribution >= 0.6 is 0 Å². The predicted octanol–water partition coefficient (Wildman–Crippen LogP) is 4.69. The average molecular weight is 459 g/mol. The van der Waals surface area contributed by atoms with Crippen molar-refractivity contribution in [2.24, 2.45) is 0 Å². The highest BCUT2D eigenvalue weighted by Crippen LogP contribution is 2.30. The van der Waals surface area contributed by atoms with E-state index in [1.165, 1.54) is 38.5 Å². The molecule has 172 valence electrons. The molecule has 0 aromatic heterocycles. The van der Waals surface area contributed by atoms with E-state index >= 15 is 0 Å². The fraction of sp³-hybridized carbons (Fsp3) is 0.120. The molecule has 0 unspecified atom stereocenters. The van der Waals surface area contributed by atoms with Crippen LogP contribution in [0.2, 0.25) is 0 Å². The number of nitrogens with zero attached hydrogens (tertiary/aromatic N) is 2. The molecule has 0 saturated carbocycles. The zero-order chi connectivity index (χ0) is 24.5. The summed E-state index contributed by atoms with van der Waals surface area (Å²) in [6, 6.07) is 19.8. The predicted molar refractivity (Wildman–Crippen MR) is 127 cm³/mol. The summed E-state index contributed by atoms with van der Waals surface area (Å²) >= 11 is 0. The van der Waals surface area contributed by atoms with Crippen molar-refractivity contribution >= 4 is 28.9 Å². The number of amides is 1. The Morgan fingerprint density at radius 2 is 1.74 bits per heavy atom. The van der Waals surface area contributed by atoms with Gasteiger partial charge in [-0.25, -0.2) is 0 Å². The number of hydrogen-bond donors (Lipinski definition) is 1. The molecule has 3 aromatic rings. The van der Waals surface area contributed by atoms with E-state index in [2.05, 4.69) is 11.4 Å². The Morgan fingerprint density at radius 1 is 1.03 bits per heavy atom. The fourth-order valence-electron chi connectivity index (χ4n) is 3.08. The molecule has 0 fully saturated rings. The van der Waals surface area contributed by atoms with Gasteiger partial charge in [-0.15, -0.1) is 0 Å². The number of rotatable bonds is 9. The first-order valence-electron chi connectivity index (χ1n) is 10.1. The van der Waals surface area contributed by atoms with Crippen molar-refractivity contribution < 1.29 is 23.9 Å². The largest absolute Gasteiger partial charge is 0.495 e. The molecule has 0 aliphatic heterocycles. The van der Waals surface area contributed by atoms with E-state index in [0.717, 1.165) is 0 Å². The average Bonchev–Trinajstić information content (AvgIpc) is 2.86. The Hall–Kier alpha value is -4.84. The van der Waals surface area contributed by atoms with Gasteiger partial charge in [0.25, 0.3) is 11.6 Å². The summed E-state index contributed by atoms with van der Waals surface area (Å²) in [6.45, 7) is -0.254. The first-order chi connectivity index (χ1) is 16.4. The summed E-state index contributed by atoms with van der Waals surface area (Å²) in [6.07, 6.45) is 1.63. The van der Waals surface area contributed by atoms with E-state index in [9.17, 15) is 20.2 Å². The molecule has 0 saturated heterocycles. The topological polar surface area (TPSA) is 124 Å². The van der Waals surface area contributed by atoms with E-state index < -0.39 is 4.92 Å². The second-order valence-corrected chi connectivity index (χ2v) is 6.92. The van der Waals surface area contributed by atoms with Gasteiger partial charge in [-0.3, -0.25) is 14.9 Å². The minimum atomic E-state index is -0.500. The summed E-state index contributed by atoms with van der Waals surface area (Å²) in [4.78, 5) is 22.6. The summed E-state index contributed by atoms with van der Waals surface area (Å²) < 4.78 is 16.2. The van der Waals surface area contributed by atoms with Crippen molar-refractivity contribution in [3.8, 4) is 23.3 Å². The van der Waals surface area contributed by atoms with Crippen molar-refractivity contribution in [1.82, 2.24) is 0 Å². The molecule has 0 radical (unpaired) electrons. The third kappa shape index (κ3) is 5.89. The van der Waals surface area contributed by atoms with Crippen molar-refractivity contribution in [2.45, 2.75) is 0 Å². The highest BCUT2D eigenvalue weighted by atomic mass is 16.6. The molecule has 0 heterocycles. The van der Waals surface area contributed by atoms with Gasteiger partial charge in [-0.1, -0.05) is 18.2 Å². The Bertz CT molecular complexity index is 1260. The van der Waals surface area contributed by atoms with Gasteiger partial charge in [0.1, 0.15) is 5.75 Å². The van der Waals surface area contributed by atoms with Gasteiger partial charge in [-0.2, -0.15) is 5.26 Å². The number of non-ortho nitro benzene ring substituents is 1. The molecule has 0 bridgehead atoms. The molecular weight excluding hydrogens is 438 g/mol. The number of carbonyl (C=O) groups excluding carboxylic acids is 1. The highest BCUT2D eigenvalue weighted by Gasteiger charge is 2.12. The van der Waals surface area contributed by atoms with Gasteiger partial charge in [-0.05, 0) is 53.6 Å². The first kappa shape index (κ1) is 23.8. The summed E-state index contributed by atoms with van der Waals surface area (Å²) in [5.74, 6) is 0.884. The van der Waals surface area contributed by atoms with Gasteiger partial charge in [0.15, 0.2) is 18.1 Å². The smallest absolute Gasteiger partial charge is 0.269 e. The number of methoxy groups -OCH3 is 2. The Kier molecular flexibility index (Phi) is 7.81. The van der Waals surface area contributed by atoms with Crippen LogP contribution in [-0.4, -0.2) is 31.7 Å². The summed E-state index contributed by atoms with van der Waals surface area (Å²) in [5, 5.41) is 23.1. The van der Waals surface area contributed by atoms with Crippen LogP contribution in [0.3, 0.4) is 0 Å². The van der Waals surface area contributed by atoms with Crippen LogP contribution in [0, 0.1) is 21.4 Å². The number of benzene rings is 3. The van der Waals surface area contributed by atoms with Crippen LogP contribution in [0.5, 0.6) is 17.2 Å². The quantitative estimate of drug-likeness (QED) is 0.213. The molecule has 9 heteroatoms. The van der Waals surface area contributed by atoms with Crippen LogP contribution in [-0.2, 0) is 4.79 Å². The Morgan fingerprint density at radius 3 is 2.38 bits per heavy atom. The van der Waals surface area contributed by atoms with E-state index in [-0.39, 0.29) is 18.2 Å². The third-order valence-electron chi connectivity index (χ3n) is 4.75. The number of nitriles is 1. The van der Waals surface area contributed by atoms with Crippen molar-refractivity contribution in [3.63, 3.8) is 0 Å². The number of hydrogen-bond acceptors (Lipinski definition) is 7. The SMILES string of the molecule is COc1ccccc1NC(=O)COc1ccc(C=C(C#N)c2ccc([N+](=O)[O-])cc2)cc1OC. The van der Waals surface area contributed by atoms with E-state index in [1.807, 2.05) is 0 Å². The number of allylic oxidation sites excluding steroid dienone is 1. The molecule has 3 rings (SSSR count).